The van der Waals surface area contributed by atoms with Gasteiger partial charge >= 0.3 is 5.97 Å². The number of aromatic carboxylic acids is 1. The number of carboxylic acids is 1. The molecule has 0 aliphatic heterocycles. The van der Waals surface area contributed by atoms with Crippen LogP contribution in [0, 0.1) is 5.82 Å². The maximum atomic E-state index is 13.2. The van der Waals surface area contributed by atoms with Crippen LogP contribution in [0.1, 0.15) is 35.3 Å². The fourth-order valence-electron chi connectivity index (χ4n) is 1.30. The summed E-state index contributed by atoms with van der Waals surface area (Å²) in [4.78, 5) is 10.8. The lowest BCUT2D eigenvalue weighted by Crippen LogP contribution is -2.15. The summed E-state index contributed by atoms with van der Waals surface area (Å²) in [7, 11) is 0. The van der Waals surface area contributed by atoms with Crippen LogP contribution < -0.4 is 5.73 Å². The molecule has 0 bridgehead atoms. The molecule has 0 radical (unpaired) electrons. The average molecular weight is 197 g/mol. The number of hydrogen-bond donors (Lipinski definition) is 2. The standard InChI is InChI=1S/C10H12FNO2/c1-2-8(12)6-4-3-5-7(11)9(6)10(13)14/h3-5,8H,2,12H2,1H3,(H,13,14)/t8-/m1/s1. The van der Waals surface area contributed by atoms with Gasteiger partial charge in [0.1, 0.15) is 5.82 Å². The van der Waals surface area contributed by atoms with Crippen molar-refractivity contribution in [2.45, 2.75) is 19.4 Å². The van der Waals surface area contributed by atoms with Crippen molar-refractivity contribution in [3.8, 4) is 0 Å². The van der Waals surface area contributed by atoms with Crippen LogP contribution in [-0.4, -0.2) is 11.1 Å². The highest BCUT2D eigenvalue weighted by atomic mass is 19.1. The Morgan fingerprint density at radius 2 is 2.29 bits per heavy atom. The van der Waals surface area contributed by atoms with E-state index < -0.39 is 17.8 Å². The van der Waals surface area contributed by atoms with Gasteiger partial charge in [0.2, 0.25) is 0 Å². The molecule has 3 nitrogen and oxygen atoms in total. The molecule has 0 aromatic heterocycles. The number of benzene rings is 1. The Morgan fingerprint density at radius 3 is 2.79 bits per heavy atom. The van der Waals surface area contributed by atoms with Gasteiger partial charge in [-0.3, -0.25) is 0 Å². The Labute approximate surface area is 81.4 Å². The van der Waals surface area contributed by atoms with E-state index in [-0.39, 0.29) is 5.56 Å². The highest BCUT2D eigenvalue weighted by Crippen LogP contribution is 2.21. The first-order valence-electron chi connectivity index (χ1n) is 4.35. The lowest BCUT2D eigenvalue weighted by atomic mass is 9.99. The minimum Gasteiger partial charge on any atom is -0.478 e. The molecule has 76 valence electrons. The van der Waals surface area contributed by atoms with Crippen molar-refractivity contribution < 1.29 is 14.3 Å². The molecule has 0 unspecified atom stereocenters. The number of carboxylic acid groups (broad SMARTS) is 1. The van der Waals surface area contributed by atoms with Gasteiger partial charge in [0, 0.05) is 6.04 Å². The van der Waals surface area contributed by atoms with E-state index in [1.807, 2.05) is 6.92 Å². The van der Waals surface area contributed by atoms with Crippen LogP contribution in [0.4, 0.5) is 4.39 Å². The molecule has 0 heterocycles. The van der Waals surface area contributed by atoms with Gasteiger partial charge in [0.15, 0.2) is 0 Å². The van der Waals surface area contributed by atoms with Crippen molar-refractivity contribution in [1.29, 1.82) is 0 Å². The van der Waals surface area contributed by atoms with E-state index in [2.05, 4.69) is 0 Å². The van der Waals surface area contributed by atoms with Gasteiger partial charge in [-0.25, -0.2) is 9.18 Å². The summed E-state index contributed by atoms with van der Waals surface area (Å²) in [6, 6.07) is 3.69. The summed E-state index contributed by atoms with van der Waals surface area (Å²) in [5, 5.41) is 8.80. The molecule has 1 rings (SSSR count). The zero-order valence-corrected chi connectivity index (χ0v) is 7.83. The molecule has 14 heavy (non-hydrogen) atoms. The second-order valence-electron chi connectivity index (χ2n) is 3.02. The van der Waals surface area contributed by atoms with Crippen LogP contribution >= 0.6 is 0 Å². The largest absolute Gasteiger partial charge is 0.478 e. The Kier molecular flexibility index (Phi) is 3.19. The first-order valence-corrected chi connectivity index (χ1v) is 4.35. The Hall–Kier alpha value is -1.42. The van der Waals surface area contributed by atoms with Crippen molar-refractivity contribution in [2.24, 2.45) is 5.73 Å². The molecule has 0 amide bonds. The number of hydrogen-bond acceptors (Lipinski definition) is 2. The third kappa shape index (κ3) is 1.90. The van der Waals surface area contributed by atoms with E-state index >= 15 is 0 Å². The summed E-state index contributed by atoms with van der Waals surface area (Å²) >= 11 is 0. The molecule has 1 aromatic carbocycles. The fourth-order valence-corrected chi connectivity index (χ4v) is 1.30. The molecule has 0 fully saturated rings. The Balaban J connectivity index is 3.28. The molecular formula is C10H12FNO2. The molecule has 3 N–H and O–H groups in total. The minimum atomic E-state index is -1.28. The third-order valence-electron chi connectivity index (χ3n) is 2.10. The smallest absolute Gasteiger partial charge is 0.339 e. The lowest BCUT2D eigenvalue weighted by Gasteiger charge is -2.12. The number of halogens is 1. The first-order chi connectivity index (χ1) is 6.57. The number of carbonyl (C=O) groups is 1. The maximum Gasteiger partial charge on any atom is 0.339 e. The molecule has 0 saturated heterocycles. The van der Waals surface area contributed by atoms with E-state index in [9.17, 15) is 9.18 Å². The zero-order valence-electron chi connectivity index (χ0n) is 7.83. The van der Waals surface area contributed by atoms with E-state index in [0.717, 1.165) is 6.07 Å². The highest BCUT2D eigenvalue weighted by molar-refractivity contribution is 5.89. The van der Waals surface area contributed by atoms with Crippen molar-refractivity contribution >= 4 is 5.97 Å². The topological polar surface area (TPSA) is 63.3 Å². The predicted octanol–water partition coefficient (Wildman–Crippen LogP) is 1.93. The highest BCUT2D eigenvalue weighted by Gasteiger charge is 2.18. The summed E-state index contributed by atoms with van der Waals surface area (Å²) < 4.78 is 13.2. The van der Waals surface area contributed by atoms with E-state index in [0.29, 0.717) is 12.0 Å². The van der Waals surface area contributed by atoms with Crippen molar-refractivity contribution in [3.05, 3.63) is 35.1 Å². The van der Waals surface area contributed by atoms with Crippen LogP contribution in [0.2, 0.25) is 0 Å². The molecule has 4 heteroatoms. The second kappa shape index (κ2) is 4.19. The van der Waals surface area contributed by atoms with Crippen LogP contribution in [-0.2, 0) is 0 Å². The zero-order chi connectivity index (χ0) is 10.7. The van der Waals surface area contributed by atoms with Gasteiger partial charge in [-0.05, 0) is 18.1 Å². The normalized spacial score (nSPS) is 12.5. The van der Waals surface area contributed by atoms with Gasteiger partial charge in [0.25, 0.3) is 0 Å². The van der Waals surface area contributed by atoms with Gasteiger partial charge in [-0.2, -0.15) is 0 Å². The average Bonchev–Trinajstić information content (AvgIpc) is 2.15. The molecule has 1 aromatic rings. The minimum absolute atomic E-state index is 0.318. The van der Waals surface area contributed by atoms with Crippen molar-refractivity contribution in [2.75, 3.05) is 0 Å². The second-order valence-corrected chi connectivity index (χ2v) is 3.02. The van der Waals surface area contributed by atoms with Gasteiger partial charge in [0.05, 0.1) is 5.56 Å². The summed E-state index contributed by atoms with van der Waals surface area (Å²) in [6.07, 6.45) is 0.573. The molecule has 0 spiro atoms. The molecular weight excluding hydrogens is 185 g/mol. The lowest BCUT2D eigenvalue weighted by molar-refractivity contribution is 0.0690. The maximum absolute atomic E-state index is 13.2. The third-order valence-corrected chi connectivity index (χ3v) is 2.10. The van der Waals surface area contributed by atoms with E-state index in [1.165, 1.54) is 6.07 Å². The van der Waals surface area contributed by atoms with E-state index in [4.69, 9.17) is 10.8 Å². The number of rotatable bonds is 3. The van der Waals surface area contributed by atoms with Crippen LogP contribution in [0.3, 0.4) is 0 Å². The summed E-state index contributed by atoms with van der Waals surface area (Å²) in [6.45, 7) is 1.82. The summed E-state index contributed by atoms with van der Waals surface area (Å²) in [5.41, 5.74) is 5.70. The SMILES string of the molecule is CC[C@@H](N)c1cccc(F)c1C(=O)O. The van der Waals surface area contributed by atoms with Crippen LogP contribution in [0.5, 0.6) is 0 Å². The van der Waals surface area contributed by atoms with Crippen LogP contribution in [0.15, 0.2) is 18.2 Å². The van der Waals surface area contributed by atoms with Gasteiger partial charge in [-0.1, -0.05) is 19.1 Å². The quantitative estimate of drug-likeness (QED) is 0.778. The van der Waals surface area contributed by atoms with Gasteiger partial charge in [-0.15, -0.1) is 0 Å². The fraction of sp³-hybridized carbons (Fsp3) is 0.300. The van der Waals surface area contributed by atoms with Crippen LogP contribution in [0.25, 0.3) is 0 Å². The first kappa shape index (κ1) is 10.7. The monoisotopic (exact) mass is 197 g/mol. The van der Waals surface area contributed by atoms with Gasteiger partial charge < -0.3 is 10.8 Å². The Morgan fingerprint density at radius 1 is 1.64 bits per heavy atom. The predicted molar refractivity (Wildman–Crippen MR) is 50.6 cm³/mol. The molecule has 0 saturated carbocycles. The molecule has 1 atom stereocenters. The van der Waals surface area contributed by atoms with Crippen molar-refractivity contribution in [1.82, 2.24) is 0 Å². The summed E-state index contributed by atoms with van der Waals surface area (Å²) in [5.74, 6) is -2.01. The van der Waals surface area contributed by atoms with E-state index in [1.54, 1.807) is 6.07 Å². The molecule has 0 aliphatic rings. The van der Waals surface area contributed by atoms with Crippen molar-refractivity contribution in [3.63, 3.8) is 0 Å². The molecule has 0 aliphatic carbocycles. The number of nitrogens with two attached hydrogens (primary N) is 1. The Bertz CT molecular complexity index is 352.